The van der Waals surface area contributed by atoms with E-state index in [4.69, 9.17) is 9.84 Å². The van der Waals surface area contributed by atoms with Gasteiger partial charge in [0.2, 0.25) is 0 Å². The Morgan fingerprint density at radius 3 is 3.19 bits per heavy atom. The maximum absolute atomic E-state index is 9.19. The predicted molar refractivity (Wildman–Crippen MR) is 100 cm³/mol. The second-order valence-corrected chi connectivity index (χ2v) is 7.90. The Morgan fingerprint density at radius 2 is 2.26 bits per heavy atom. The van der Waals surface area contributed by atoms with Gasteiger partial charge >= 0.3 is 0 Å². The Labute approximate surface area is 159 Å². The van der Waals surface area contributed by atoms with Crippen LogP contribution in [-0.4, -0.2) is 74.3 Å². The number of imidazole rings is 1. The number of aryl methyl sites for hydroxylation is 1. The van der Waals surface area contributed by atoms with Crippen molar-refractivity contribution in [1.82, 2.24) is 29.5 Å². The number of aromatic nitrogens is 4. The summed E-state index contributed by atoms with van der Waals surface area (Å²) >= 11 is 0. The summed E-state index contributed by atoms with van der Waals surface area (Å²) in [5.74, 6) is 0.966. The SMILES string of the molecule is OCC[C@H]1CN2C[C@@H](n3ccnc3-c3cc4n(n3)CCCNC4)C[C@H]2CO1. The van der Waals surface area contributed by atoms with E-state index in [1.807, 2.05) is 6.20 Å². The van der Waals surface area contributed by atoms with Crippen LogP contribution in [0.15, 0.2) is 18.5 Å². The molecule has 3 atom stereocenters. The zero-order chi connectivity index (χ0) is 18.2. The van der Waals surface area contributed by atoms with Crippen LogP contribution >= 0.6 is 0 Å². The van der Waals surface area contributed by atoms with Crippen LogP contribution < -0.4 is 5.32 Å². The summed E-state index contributed by atoms with van der Waals surface area (Å²) in [7, 11) is 0. The van der Waals surface area contributed by atoms with E-state index in [1.54, 1.807) is 0 Å². The molecule has 146 valence electrons. The third kappa shape index (κ3) is 3.31. The van der Waals surface area contributed by atoms with E-state index in [2.05, 4.69) is 36.7 Å². The summed E-state index contributed by atoms with van der Waals surface area (Å²) in [5, 5.41) is 17.5. The minimum Gasteiger partial charge on any atom is -0.396 e. The molecule has 0 amide bonds. The fraction of sp³-hybridized carbons (Fsp3) is 0.684. The molecule has 27 heavy (non-hydrogen) atoms. The molecule has 5 rings (SSSR count). The number of aliphatic hydroxyl groups is 1. The molecule has 0 radical (unpaired) electrons. The van der Waals surface area contributed by atoms with Crippen molar-refractivity contribution in [2.75, 3.05) is 32.8 Å². The van der Waals surface area contributed by atoms with Gasteiger partial charge in [-0.1, -0.05) is 0 Å². The zero-order valence-corrected chi connectivity index (χ0v) is 15.6. The molecule has 8 nitrogen and oxygen atoms in total. The maximum atomic E-state index is 9.19. The average molecular weight is 372 g/mol. The molecule has 0 saturated carbocycles. The molecule has 2 saturated heterocycles. The van der Waals surface area contributed by atoms with Crippen LogP contribution in [0.3, 0.4) is 0 Å². The lowest BCUT2D eigenvalue weighted by Gasteiger charge is -2.34. The molecule has 0 aromatic carbocycles. The number of rotatable bonds is 4. The van der Waals surface area contributed by atoms with Gasteiger partial charge in [-0.15, -0.1) is 0 Å². The number of aliphatic hydroxyl groups excluding tert-OH is 1. The molecule has 2 aromatic heterocycles. The van der Waals surface area contributed by atoms with Crippen molar-refractivity contribution >= 4 is 0 Å². The van der Waals surface area contributed by atoms with Crippen LogP contribution in [0.4, 0.5) is 0 Å². The number of hydrogen-bond acceptors (Lipinski definition) is 6. The van der Waals surface area contributed by atoms with Gasteiger partial charge in [0.05, 0.1) is 18.4 Å². The summed E-state index contributed by atoms with van der Waals surface area (Å²) < 4.78 is 10.4. The largest absolute Gasteiger partial charge is 0.396 e. The summed E-state index contributed by atoms with van der Waals surface area (Å²) in [6.07, 6.45) is 7.04. The van der Waals surface area contributed by atoms with Gasteiger partial charge in [0.15, 0.2) is 5.82 Å². The van der Waals surface area contributed by atoms with Crippen LogP contribution in [0.25, 0.3) is 11.5 Å². The maximum Gasteiger partial charge on any atom is 0.160 e. The lowest BCUT2D eigenvalue weighted by Crippen LogP contribution is -2.46. The monoisotopic (exact) mass is 372 g/mol. The van der Waals surface area contributed by atoms with Crippen LogP contribution in [0.2, 0.25) is 0 Å². The highest BCUT2D eigenvalue weighted by Crippen LogP contribution is 2.33. The van der Waals surface area contributed by atoms with Crippen molar-refractivity contribution in [1.29, 1.82) is 0 Å². The van der Waals surface area contributed by atoms with Crippen LogP contribution in [0, 0.1) is 0 Å². The minimum atomic E-state index is 0.156. The standard InChI is InChI=1S/C19H28N6O2/c26-7-2-17-12-23-11-15(8-16(23)13-27-17)24-6-4-21-19(24)18-9-14-10-20-3-1-5-25(14)22-18/h4,6,9,15-17,20,26H,1-3,5,7-8,10-13H2/t15-,16-,17-/m0/s1. The molecule has 0 bridgehead atoms. The Morgan fingerprint density at radius 1 is 1.30 bits per heavy atom. The topological polar surface area (TPSA) is 80.4 Å². The van der Waals surface area contributed by atoms with Gasteiger partial charge in [-0.25, -0.2) is 4.98 Å². The first-order valence-corrected chi connectivity index (χ1v) is 10.1. The van der Waals surface area contributed by atoms with Gasteiger partial charge in [-0.05, 0) is 31.9 Å². The number of nitrogens with one attached hydrogen (secondary N) is 1. The Hall–Kier alpha value is -1.74. The first kappa shape index (κ1) is 17.4. The van der Waals surface area contributed by atoms with Crippen molar-refractivity contribution in [3.63, 3.8) is 0 Å². The second kappa shape index (κ2) is 7.35. The van der Waals surface area contributed by atoms with E-state index >= 15 is 0 Å². The normalized spacial score (nSPS) is 28.7. The molecular formula is C19H28N6O2. The number of fused-ring (bicyclic) bond motifs is 2. The van der Waals surface area contributed by atoms with Crippen LogP contribution in [-0.2, 0) is 17.8 Å². The summed E-state index contributed by atoms with van der Waals surface area (Å²) in [6.45, 7) is 5.76. The molecule has 0 aliphatic carbocycles. The predicted octanol–water partition coefficient (Wildman–Crippen LogP) is 0.637. The molecule has 8 heteroatoms. The first-order valence-electron chi connectivity index (χ1n) is 10.1. The minimum absolute atomic E-state index is 0.156. The van der Waals surface area contributed by atoms with Gasteiger partial charge in [0.1, 0.15) is 5.69 Å². The number of morpholine rings is 1. The summed E-state index contributed by atoms with van der Waals surface area (Å²) in [4.78, 5) is 7.16. The lowest BCUT2D eigenvalue weighted by molar-refractivity contribution is -0.0567. The van der Waals surface area contributed by atoms with Gasteiger partial charge < -0.3 is 19.7 Å². The molecule has 0 unspecified atom stereocenters. The van der Waals surface area contributed by atoms with E-state index in [9.17, 15) is 5.11 Å². The van der Waals surface area contributed by atoms with E-state index in [-0.39, 0.29) is 12.7 Å². The van der Waals surface area contributed by atoms with E-state index in [1.165, 1.54) is 5.69 Å². The fourth-order valence-electron chi connectivity index (χ4n) is 4.71. The molecule has 0 spiro atoms. The number of ether oxygens (including phenoxy) is 1. The summed E-state index contributed by atoms with van der Waals surface area (Å²) in [6, 6.07) is 3.03. The Kier molecular flexibility index (Phi) is 4.73. The van der Waals surface area contributed by atoms with Gasteiger partial charge in [0.25, 0.3) is 0 Å². The highest BCUT2D eigenvalue weighted by molar-refractivity contribution is 5.51. The second-order valence-electron chi connectivity index (χ2n) is 7.90. The fourth-order valence-corrected chi connectivity index (χ4v) is 4.71. The smallest absolute Gasteiger partial charge is 0.160 e. The quantitative estimate of drug-likeness (QED) is 0.820. The molecule has 3 aliphatic rings. The highest BCUT2D eigenvalue weighted by atomic mass is 16.5. The molecule has 2 fully saturated rings. The molecule has 2 N–H and O–H groups in total. The van der Waals surface area contributed by atoms with Crippen molar-refractivity contribution in [2.24, 2.45) is 0 Å². The first-order chi connectivity index (χ1) is 13.3. The van der Waals surface area contributed by atoms with Crippen molar-refractivity contribution in [3.05, 3.63) is 24.2 Å². The van der Waals surface area contributed by atoms with Crippen molar-refractivity contribution in [2.45, 2.75) is 50.5 Å². The third-order valence-electron chi connectivity index (χ3n) is 6.10. The summed E-state index contributed by atoms with van der Waals surface area (Å²) in [5.41, 5.74) is 2.21. The van der Waals surface area contributed by atoms with E-state index < -0.39 is 0 Å². The molecule has 2 aromatic rings. The molecule has 3 aliphatic heterocycles. The Bertz CT molecular complexity index is 764. The average Bonchev–Trinajstić information content (AvgIpc) is 3.36. The van der Waals surface area contributed by atoms with Gasteiger partial charge in [-0.2, -0.15) is 5.10 Å². The van der Waals surface area contributed by atoms with Gasteiger partial charge in [-0.3, -0.25) is 9.58 Å². The highest BCUT2D eigenvalue weighted by Gasteiger charge is 2.38. The van der Waals surface area contributed by atoms with Crippen molar-refractivity contribution < 1.29 is 9.84 Å². The Balaban J connectivity index is 1.35. The third-order valence-corrected chi connectivity index (χ3v) is 6.10. The number of hydrogen-bond donors (Lipinski definition) is 2. The van der Waals surface area contributed by atoms with Crippen LogP contribution in [0.5, 0.6) is 0 Å². The number of nitrogens with zero attached hydrogens (tertiary/aromatic N) is 5. The lowest BCUT2D eigenvalue weighted by atomic mass is 10.1. The van der Waals surface area contributed by atoms with Crippen molar-refractivity contribution in [3.8, 4) is 11.5 Å². The van der Waals surface area contributed by atoms with Gasteiger partial charge in [0, 0.05) is 57.3 Å². The van der Waals surface area contributed by atoms with E-state index in [0.29, 0.717) is 12.1 Å². The molecular weight excluding hydrogens is 344 g/mol. The zero-order valence-electron chi connectivity index (χ0n) is 15.6. The molecule has 5 heterocycles. The van der Waals surface area contributed by atoms with E-state index in [0.717, 1.165) is 70.1 Å². The van der Waals surface area contributed by atoms with Crippen LogP contribution in [0.1, 0.15) is 31.0 Å².